The molecule has 0 bridgehead atoms. The molecule has 7 nitrogen and oxygen atoms in total. The third-order valence-corrected chi connectivity index (χ3v) is 1.08. The van der Waals surface area contributed by atoms with E-state index >= 15 is 0 Å². The Balaban J connectivity index is 0. The molecule has 0 aromatic rings. The van der Waals surface area contributed by atoms with Crippen LogP contribution in [0.3, 0.4) is 0 Å². The fourth-order valence-electron chi connectivity index (χ4n) is 0.742. The van der Waals surface area contributed by atoms with E-state index in [2.05, 4.69) is 0 Å². The molecule has 0 aliphatic heterocycles. The van der Waals surface area contributed by atoms with Crippen LogP contribution in [0.4, 0.5) is 0 Å². The van der Waals surface area contributed by atoms with E-state index in [0.717, 1.165) is 4.90 Å². The summed E-state index contributed by atoms with van der Waals surface area (Å²) in [5, 5.41) is 24.8. The normalized spacial score (nSPS) is 9.21. The van der Waals surface area contributed by atoms with Gasteiger partial charge in [0.15, 0.2) is 0 Å². The van der Waals surface area contributed by atoms with Crippen LogP contribution in [0.2, 0.25) is 0 Å². The summed E-state index contributed by atoms with van der Waals surface area (Å²) in [4.78, 5) is 31.2. The standard InChI is InChI=1S/C6H9NO6.Ti/c8-4(9)1-7(2-5(10)11)3-6(12)13;/h1-3H2,(H,8,9)(H,10,11)(H,12,13);. The van der Waals surface area contributed by atoms with E-state index in [4.69, 9.17) is 15.3 Å². The summed E-state index contributed by atoms with van der Waals surface area (Å²) in [5.74, 6) is -3.78. The molecule has 78 valence electrons. The average Bonchev–Trinajstić information content (AvgIpc) is 1.80. The minimum atomic E-state index is -1.26. The SMILES string of the molecule is O=C(O)CN(CC(=O)O)CC(=O)O.[Ti]. The van der Waals surface area contributed by atoms with E-state index in [1.54, 1.807) is 0 Å². The first-order valence-corrected chi connectivity index (χ1v) is 3.29. The molecule has 3 N–H and O–H groups in total. The van der Waals surface area contributed by atoms with Crippen LogP contribution in [0.1, 0.15) is 0 Å². The summed E-state index contributed by atoms with van der Waals surface area (Å²) in [5.41, 5.74) is 0. The van der Waals surface area contributed by atoms with E-state index in [-0.39, 0.29) is 21.7 Å². The smallest absolute Gasteiger partial charge is 0.317 e. The van der Waals surface area contributed by atoms with Crippen LogP contribution in [0.15, 0.2) is 0 Å². The molecule has 0 aromatic carbocycles. The van der Waals surface area contributed by atoms with Gasteiger partial charge in [-0.15, -0.1) is 0 Å². The van der Waals surface area contributed by atoms with E-state index in [1.165, 1.54) is 0 Å². The van der Waals surface area contributed by atoms with Crippen LogP contribution >= 0.6 is 0 Å². The van der Waals surface area contributed by atoms with Crippen molar-refractivity contribution in [3.05, 3.63) is 0 Å². The van der Waals surface area contributed by atoms with Crippen LogP contribution in [-0.2, 0) is 36.1 Å². The van der Waals surface area contributed by atoms with Gasteiger partial charge in [-0.25, -0.2) is 0 Å². The molecule has 0 atom stereocenters. The van der Waals surface area contributed by atoms with Crippen LogP contribution in [0, 0.1) is 0 Å². The first-order chi connectivity index (χ1) is 5.91. The number of rotatable bonds is 6. The summed E-state index contributed by atoms with van der Waals surface area (Å²) in [6.45, 7) is -1.80. The molecule has 8 heteroatoms. The van der Waals surface area contributed by atoms with Crippen molar-refractivity contribution in [3.8, 4) is 0 Å². The van der Waals surface area contributed by atoms with E-state index in [1.807, 2.05) is 0 Å². The number of carboxylic acids is 3. The Labute approximate surface area is 94.2 Å². The number of hydrogen-bond acceptors (Lipinski definition) is 4. The van der Waals surface area contributed by atoms with Gasteiger partial charge >= 0.3 is 17.9 Å². The first kappa shape index (κ1) is 15.6. The minimum Gasteiger partial charge on any atom is -0.480 e. The maximum Gasteiger partial charge on any atom is 0.317 e. The zero-order valence-electron chi connectivity index (χ0n) is 7.13. The van der Waals surface area contributed by atoms with Gasteiger partial charge in [-0.2, -0.15) is 0 Å². The van der Waals surface area contributed by atoms with Crippen molar-refractivity contribution in [1.82, 2.24) is 4.90 Å². The van der Waals surface area contributed by atoms with Crippen LogP contribution in [0.5, 0.6) is 0 Å². The van der Waals surface area contributed by atoms with Gasteiger partial charge in [0.25, 0.3) is 0 Å². The predicted octanol–water partition coefficient (Wildman–Crippen LogP) is -1.46. The average molecular weight is 239 g/mol. The summed E-state index contributed by atoms with van der Waals surface area (Å²) in [6, 6.07) is 0. The molecular formula is C6H9NO6Ti. The number of hydrogen-bond donors (Lipinski definition) is 3. The van der Waals surface area contributed by atoms with Crippen LogP contribution in [0.25, 0.3) is 0 Å². The van der Waals surface area contributed by atoms with Gasteiger partial charge in [-0.3, -0.25) is 19.3 Å². The Hall–Kier alpha value is -0.916. The number of nitrogens with zero attached hydrogens (tertiary/aromatic N) is 1. The van der Waals surface area contributed by atoms with Gasteiger partial charge in [0.2, 0.25) is 0 Å². The number of aliphatic carboxylic acids is 3. The molecule has 0 radical (unpaired) electrons. The van der Waals surface area contributed by atoms with Crippen molar-refractivity contribution in [1.29, 1.82) is 0 Å². The van der Waals surface area contributed by atoms with Crippen molar-refractivity contribution in [2.45, 2.75) is 0 Å². The molecule has 0 rings (SSSR count). The zero-order chi connectivity index (χ0) is 10.4. The van der Waals surface area contributed by atoms with Crippen LogP contribution in [-0.4, -0.2) is 57.8 Å². The maximum atomic E-state index is 10.1. The maximum absolute atomic E-state index is 10.1. The molecule has 0 fully saturated rings. The molecule has 0 aliphatic carbocycles. The quantitative estimate of drug-likeness (QED) is 0.485. The third-order valence-electron chi connectivity index (χ3n) is 1.08. The second kappa shape index (κ2) is 7.48. The Morgan fingerprint density at radius 3 is 1.14 bits per heavy atom. The summed E-state index contributed by atoms with van der Waals surface area (Å²) in [6.07, 6.45) is 0. The summed E-state index contributed by atoms with van der Waals surface area (Å²) >= 11 is 0. The molecule has 0 unspecified atom stereocenters. The Morgan fingerprint density at radius 1 is 0.786 bits per heavy atom. The molecule has 0 amide bonds. The molecular weight excluding hydrogens is 230 g/mol. The van der Waals surface area contributed by atoms with E-state index in [0.29, 0.717) is 0 Å². The van der Waals surface area contributed by atoms with E-state index in [9.17, 15) is 14.4 Å². The minimum absolute atomic E-state index is 0. The molecule has 0 spiro atoms. The predicted molar refractivity (Wildman–Crippen MR) is 39.3 cm³/mol. The topological polar surface area (TPSA) is 115 Å². The summed E-state index contributed by atoms with van der Waals surface area (Å²) < 4.78 is 0. The third kappa shape index (κ3) is 9.17. The van der Waals surface area contributed by atoms with Crippen molar-refractivity contribution in [2.24, 2.45) is 0 Å². The Morgan fingerprint density at radius 2 is 1.00 bits per heavy atom. The molecule has 0 aliphatic rings. The van der Waals surface area contributed by atoms with Gasteiger partial charge in [-0.05, 0) is 0 Å². The zero-order valence-corrected chi connectivity index (χ0v) is 8.70. The largest absolute Gasteiger partial charge is 0.480 e. The van der Waals surface area contributed by atoms with Gasteiger partial charge in [0, 0.05) is 21.7 Å². The molecule has 0 saturated carbocycles. The Kier molecular flexibility index (Phi) is 8.31. The van der Waals surface area contributed by atoms with Gasteiger partial charge < -0.3 is 15.3 Å². The molecule has 0 heterocycles. The van der Waals surface area contributed by atoms with Crippen molar-refractivity contribution in [3.63, 3.8) is 0 Å². The van der Waals surface area contributed by atoms with Gasteiger partial charge in [0.1, 0.15) is 0 Å². The number of carboxylic acid groups (broad SMARTS) is 3. The fraction of sp³-hybridized carbons (Fsp3) is 0.500. The molecule has 0 saturated heterocycles. The van der Waals surface area contributed by atoms with Crippen LogP contribution < -0.4 is 0 Å². The summed E-state index contributed by atoms with van der Waals surface area (Å²) in [7, 11) is 0. The first-order valence-electron chi connectivity index (χ1n) is 3.29. The Bertz CT molecular complexity index is 192. The van der Waals surface area contributed by atoms with Gasteiger partial charge in [0.05, 0.1) is 19.6 Å². The second-order valence-electron chi connectivity index (χ2n) is 2.33. The molecule has 0 aromatic heterocycles. The number of carbonyl (C=O) groups is 3. The van der Waals surface area contributed by atoms with Crippen molar-refractivity contribution >= 4 is 17.9 Å². The fourth-order valence-corrected chi connectivity index (χ4v) is 0.742. The monoisotopic (exact) mass is 239 g/mol. The second-order valence-corrected chi connectivity index (χ2v) is 2.33. The van der Waals surface area contributed by atoms with Crippen molar-refractivity contribution in [2.75, 3.05) is 19.6 Å². The van der Waals surface area contributed by atoms with E-state index < -0.39 is 37.5 Å². The molecule has 14 heavy (non-hydrogen) atoms. The van der Waals surface area contributed by atoms with Gasteiger partial charge in [-0.1, -0.05) is 0 Å². The van der Waals surface area contributed by atoms with Crippen molar-refractivity contribution < 1.29 is 51.4 Å².